The number of carbonyl (C=O) groups is 1. The van der Waals surface area contributed by atoms with Gasteiger partial charge in [0.25, 0.3) is 0 Å². The minimum atomic E-state index is -1.05. The number of hydrogen-bond acceptors (Lipinski definition) is 3. The van der Waals surface area contributed by atoms with Crippen LogP contribution >= 0.6 is 0 Å². The average molecular weight is 277 g/mol. The zero-order valence-corrected chi connectivity index (χ0v) is 15.0. The van der Waals surface area contributed by atoms with Crippen molar-refractivity contribution in [3.05, 3.63) is 0 Å². The van der Waals surface area contributed by atoms with E-state index in [0.29, 0.717) is 6.04 Å². The van der Waals surface area contributed by atoms with Crippen LogP contribution in [-0.4, -0.2) is 18.2 Å². The second kappa shape index (κ2) is 16.2. The molecule has 0 N–H and O–H groups in total. The van der Waals surface area contributed by atoms with Crippen molar-refractivity contribution >= 4 is 12.2 Å². The zero-order chi connectivity index (χ0) is 13.6. The Kier molecular flexibility index (Phi) is 18.3. The van der Waals surface area contributed by atoms with Crippen LogP contribution in [0.3, 0.4) is 0 Å². The maximum absolute atomic E-state index is 10.3. The van der Waals surface area contributed by atoms with Gasteiger partial charge in [0.1, 0.15) is 0 Å². The van der Waals surface area contributed by atoms with Gasteiger partial charge in [0.05, 0.1) is 0 Å². The third-order valence-electron chi connectivity index (χ3n) is 3.19. The Bertz CT molecular complexity index is 232. The molecule has 0 aliphatic carbocycles. The summed E-state index contributed by atoms with van der Waals surface area (Å²) in [7, 11) is 0. The van der Waals surface area contributed by atoms with E-state index < -0.39 is 5.97 Å². The molecule has 0 aliphatic heterocycles. The van der Waals surface area contributed by atoms with E-state index in [2.05, 4.69) is 18.8 Å². The fourth-order valence-corrected chi connectivity index (χ4v) is 2.00. The molecule has 0 saturated carbocycles. The number of hydrogen-bond donors (Lipinski definition) is 0. The van der Waals surface area contributed by atoms with E-state index in [1.165, 1.54) is 51.2 Å². The summed E-state index contributed by atoms with van der Waals surface area (Å²) in [5.74, 6) is -1.05. The topological polar surface area (TPSA) is 52.5 Å². The molecular weight excluding hydrogens is 249 g/mol. The summed E-state index contributed by atoms with van der Waals surface area (Å²) in [6.07, 6.45) is 12.6. The van der Waals surface area contributed by atoms with Crippen LogP contribution in [0.25, 0.3) is 0 Å². The predicted octanol–water partition coefficient (Wildman–Crippen LogP) is 0.121. The Morgan fingerprint density at radius 3 is 2.21 bits per heavy atom. The SMILES string of the molecule is CCCCCCCCCC(CC)N=CCC(=O)[O-].[Na+]. The van der Waals surface area contributed by atoms with Crippen molar-refractivity contribution in [3.8, 4) is 0 Å². The molecule has 0 aliphatic rings. The molecule has 1 unspecified atom stereocenters. The third-order valence-corrected chi connectivity index (χ3v) is 3.19. The molecule has 0 fully saturated rings. The molecule has 0 amide bonds. The van der Waals surface area contributed by atoms with E-state index >= 15 is 0 Å². The molecule has 0 radical (unpaired) electrons. The number of carboxylic acids is 1. The fraction of sp³-hybridized carbons (Fsp3) is 0.867. The van der Waals surface area contributed by atoms with Crippen LogP contribution in [0, 0.1) is 0 Å². The Hall–Kier alpha value is 0.140. The number of carbonyl (C=O) groups excluding carboxylic acids is 1. The first-order valence-corrected chi connectivity index (χ1v) is 7.42. The van der Waals surface area contributed by atoms with Crippen molar-refractivity contribution in [2.45, 2.75) is 84.1 Å². The normalized spacial score (nSPS) is 12.3. The van der Waals surface area contributed by atoms with Crippen molar-refractivity contribution < 1.29 is 39.5 Å². The summed E-state index contributed by atoms with van der Waals surface area (Å²) >= 11 is 0. The van der Waals surface area contributed by atoms with E-state index in [-0.39, 0.29) is 36.0 Å². The van der Waals surface area contributed by atoms with E-state index in [9.17, 15) is 9.90 Å². The summed E-state index contributed by atoms with van der Waals surface area (Å²) in [6, 6.07) is 0.292. The Balaban J connectivity index is 0. The molecule has 1 atom stereocenters. The molecule has 19 heavy (non-hydrogen) atoms. The van der Waals surface area contributed by atoms with Gasteiger partial charge in [-0.05, 0) is 12.8 Å². The van der Waals surface area contributed by atoms with Gasteiger partial charge in [-0.2, -0.15) is 0 Å². The van der Waals surface area contributed by atoms with Gasteiger partial charge in [-0.1, -0.05) is 58.8 Å². The number of unbranched alkanes of at least 4 members (excludes halogenated alkanes) is 6. The van der Waals surface area contributed by atoms with Gasteiger partial charge in [-0.3, -0.25) is 4.99 Å². The molecule has 0 aromatic heterocycles. The molecule has 3 nitrogen and oxygen atoms in total. The van der Waals surface area contributed by atoms with Crippen LogP contribution in [0.5, 0.6) is 0 Å². The largest absolute Gasteiger partial charge is 1.00 e. The number of carboxylic acid groups (broad SMARTS) is 1. The summed E-state index contributed by atoms with van der Waals surface area (Å²) in [5.41, 5.74) is 0. The molecule has 106 valence electrons. The van der Waals surface area contributed by atoms with Gasteiger partial charge in [0.2, 0.25) is 0 Å². The van der Waals surface area contributed by atoms with Crippen molar-refractivity contribution in [2.75, 3.05) is 0 Å². The van der Waals surface area contributed by atoms with Gasteiger partial charge in [0, 0.05) is 24.6 Å². The molecular formula is C15H28NNaO2. The van der Waals surface area contributed by atoms with Crippen LogP contribution in [0.15, 0.2) is 4.99 Å². The van der Waals surface area contributed by atoms with E-state index in [0.717, 1.165) is 12.8 Å². The summed E-state index contributed by atoms with van der Waals surface area (Å²) in [4.78, 5) is 14.5. The molecule has 0 spiro atoms. The summed E-state index contributed by atoms with van der Waals surface area (Å²) < 4.78 is 0. The first kappa shape index (κ1) is 21.4. The average Bonchev–Trinajstić information content (AvgIpc) is 2.35. The quantitative estimate of drug-likeness (QED) is 0.289. The molecule has 4 heteroatoms. The minimum absolute atomic E-state index is 0. The molecule has 0 aromatic rings. The Labute approximate surface area is 140 Å². The van der Waals surface area contributed by atoms with Crippen LogP contribution < -0.4 is 34.7 Å². The van der Waals surface area contributed by atoms with Crippen LogP contribution in [-0.2, 0) is 4.79 Å². The monoisotopic (exact) mass is 277 g/mol. The third kappa shape index (κ3) is 16.1. The van der Waals surface area contributed by atoms with Crippen molar-refractivity contribution in [3.63, 3.8) is 0 Å². The van der Waals surface area contributed by atoms with Crippen LogP contribution in [0.1, 0.15) is 78.1 Å². The molecule has 0 saturated heterocycles. The van der Waals surface area contributed by atoms with Gasteiger partial charge in [0.15, 0.2) is 0 Å². The van der Waals surface area contributed by atoms with Crippen LogP contribution in [0.4, 0.5) is 0 Å². The second-order valence-electron chi connectivity index (χ2n) is 4.88. The molecule has 0 bridgehead atoms. The smallest absolute Gasteiger partial charge is 0.550 e. The predicted molar refractivity (Wildman–Crippen MR) is 74.8 cm³/mol. The van der Waals surface area contributed by atoms with Gasteiger partial charge in [-0.15, -0.1) is 0 Å². The van der Waals surface area contributed by atoms with Crippen molar-refractivity contribution in [1.82, 2.24) is 0 Å². The van der Waals surface area contributed by atoms with Gasteiger partial charge >= 0.3 is 29.6 Å². The van der Waals surface area contributed by atoms with Gasteiger partial charge in [-0.25, -0.2) is 0 Å². The second-order valence-corrected chi connectivity index (χ2v) is 4.88. The van der Waals surface area contributed by atoms with Gasteiger partial charge < -0.3 is 9.90 Å². The number of rotatable bonds is 12. The number of aliphatic carboxylic acids is 1. The molecule has 0 rings (SSSR count). The standard InChI is InChI=1S/C15H29NO2.Na/c1-3-5-6-7-8-9-10-11-14(4-2)16-13-12-15(17)18;/h13-14H,3-12H2,1-2H3,(H,17,18);/q;+1/p-1. The first-order valence-electron chi connectivity index (χ1n) is 7.42. The molecule has 0 aromatic carbocycles. The first-order chi connectivity index (χ1) is 8.70. The number of nitrogens with zero attached hydrogens (tertiary/aromatic N) is 1. The minimum Gasteiger partial charge on any atom is -0.550 e. The van der Waals surface area contributed by atoms with E-state index in [1.54, 1.807) is 0 Å². The van der Waals surface area contributed by atoms with Crippen molar-refractivity contribution in [2.24, 2.45) is 4.99 Å². The maximum atomic E-state index is 10.3. The van der Waals surface area contributed by atoms with E-state index in [1.807, 2.05) is 0 Å². The van der Waals surface area contributed by atoms with E-state index in [4.69, 9.17) is 0 Å². The summed E-state index contributed by atoms with van der Waals surface area (Å²) in [5, 5.41) is 10.3. The van der Waals surface area contributed by atoms with Crippen LogP contribution in [0.2, 0.25) is 0 Å². The Morgan fingerprint density at radius 1 is 1.11 bits per heavy atom. The number of aliphatic imine (C=N–C) groups is 1. The van der Waals surface area contributed by atoms with Crippen molar-refractivity contribution in [1.29, 1.82) is 0 Å². The fourth-order valence-electron chi connectivity index (χ4n) is 2.00. The molecule has 0 heterocycles. The summed E-state index contributed by atoms with van der Waals surface area (Å²) in [6.45, 7) is 4.33. The maximum Gasteiger partial charge on any atom is 1.00 e. The zero-order valence-electron chi connectivity index (χ0n) is 13.0. The Morgan fingerprint density at radius 2 is 1.68 bits per heavy atom.